The van der Waals surface area contributed by atoms with Gasteiger partial charge in [0.1, 0.15) is 0 Å². The predicted octanol–water partition coefficient (Wildman–Crippen LogP) is 6.35. The molecule has 0 saturated carbocycles. The standard InChI is InChI=1S/C22H16/c1-13-7-8-18-14(2)11-16-12-15-5-3-4-6-19(15)20-10-9-17(13)22(18)21(16)20/h3-12H,1-2H3. The average Bonchev–Trinajstić information content (AvgIpc) is 2.54. The van der Waals surface area contributed by atoms with E-state index in [4.69, 9.17) is 0 Å². The van der Waals surface area contributed by atoms with Crippen LogP contribution < -0.4 is 0 Å². The van der Waals surface area contributed by atoms with Gasteiger partial charge in [0.15, 0.2) is 0 Å². The second-order valence-electron chi connectivity index (χ2n) is 6.35. The predicted molar refractivity (Wildman–Crippen MR) is 97.1 cm³/mol. The van der Waals surface area contributed by atoms with Crippen molar-refractivity contribution in [1.29, 1.82) is 0 Å². The van der Waals surface area contributed by atoms with Crippen LogP contribution in [-0.4, -0.2) is 0 Å². The van der Waals surface area contributed by atoms with Crippen LogP contribution in [0.1, 0.15) is 11.1 Å². The third-order valence-corrected chi connectivity index (χ3v) is 5.05. The molecule has 5 rings (SSSR count). The molecule has 0 heteroatoms. The molecule has 0 aromatic heterocycles. The van der Waals surface area contributed by atoms with Gasteiger partial charge < -0.3 is 0 Å². The molecular weight excluding hydrogens is 264 g/mol. The van der Waals surface area contributed by atoms with E-state index < -0.39 is 0 Å². The summed E-state index contributed by atoms with van der Waals surface area (Å²) in [5.74, 6) is 0. The van der Waals surface area contributed by atoms with E-state index in [2.05, 4.69) is 74.5 Å². The van der Waals surface area contributed by atoms with E-state index >= 15 is 0 Å². The first kappa shape index (κ1) is 12.0. The zero-order valence-corrected chi connectivity index (χ0v) is 12.8. The van der Waals surface area contributed by atoms with Crippen LogP contribution in [0.15, 0.2) is 60.7 Å². The minimum atomic E-state index is 1.32. The van der Waals surface area contributed by atoms with Crippen LogP contribution >= 0.6 is 0 Å². The lowest BCUT2D eigenvalue weighted by Crippen LogP contribution is -1.89. The number of benzene rings is 5. The summed E-state index contributed by atoms with van der Waals surface area (Å²) in [5.41, 5.74) is 2.72. The summed E-state index contributed by atoms with van der Waals surface area (Å²) >= 11 is 0. The number of fused-ring (bicyclic) bond motifs is 2. The molecule has 5 aromatic carbocycles. The Balaban J connectivity index is 2.23. The highest BCUT2D eigenvalue weighted by Crippen LogP contribution is 2.40. The topological polar surface area (TPSA) is 0 Å². The molecule has 0 saturated heterocycles. The van der Waals surface area contributed by atoms with Gasteiger partial charge in [0.2, 0.25) is 0 Å². The molecule has 22 heavy (non-hydrogen) atoms. The molecule has 0 aliphatic rings. The van der Waals surface area contributed by atoms with Crippen LogP contribution in [0.5, 0.6) is 0 Å². The normalized spacial score (nSPS) is 12.1. The fraction of sp³-hybridized carbons (Fsp3) is 0.0909. The molecule has 0 radical (unpaired) electrons. The van der Waals surface area contributed by atoms with Crippen molar-refractivity contribution < 1.29 is 0 Å². The maximum absolute atomic E-state index is 2.34. The van der Waals surface area contributed by atoms with Gasteiger partial charge in [0.05, 0.1) is 0 Å². The van der Waals surface area contributed by atoms with Gasteiger partial charge in [-0.25, -0.2) is 0 Å². The Bertz CT molecular complexity index is 1170. The minimum Gasteiger partial charge on any atom is -0.0616 e. The monoisotopic (exact) mass is 280 g/mol. The fourth-order valence-corrected chi connectivity index (χ4v) is 3.98. The Morgan fingerprint density at radius 2 is 1.23 bits per heavy atom. The van der Waals surface area contributed by atoms with Crippen LogP contribution in [0.25, 0.3) is 43.1 Å². The largest absolute Gasteiger partial charge is 0.0616 e. The Hall–Kier alpha value is -2.60. The molecule has 0 spiro atoms. The SMILES string of the molecule is Cc1ccc2c(C)cc3cc4ccccc4c4ccc1c2c34. The summed E-state index contributed by atoms with van der Waals surface area (Å²) in [6.45, 7) is 4.43. The van der Waals surface area contributed by atoms with Crippen molar-refractivity contribution in [3.05, 3.63) is 71.8 Å². The van der Waals surface area contributed by atoms with Crippen LogP contribution in [0.3, 0.4) is 0 Å². The summed E-state index contributed by atoms with van der Waals surface area (Å²) in [6.07, 6.45) is 0. The molecule has 104 valence electrons. The zero-order chi connectivity index (χ0) is 14.8. The van der Waals surface area contributed by atoms with Gasteiger partial charge in [0.25, 0.3) is 0 Å². The summed E-state index contributed by atoms with van der Waals surface area (Å²) in [4.78, 5) is 0. The summed E-state index contributed by atoms with van der Waals surface area (Å²) in [7, 11) is 0. The van der Waals surface area contributed by atoms with Gasteiger partial charge in [0, 0.05) is 0 Å². The molecule has 0 nitrogen and oxygen atoms in total. The van der Waals surface area contributed by atoms with Crippen molar-refractivity contribution in [3.8, 4) is 0 Å². The van der Waals surface area contributed by atoms with E-state index in [0.717, 1.165) is 0 Å². The molecule has 0 aliphatic carbocycles. The number of hydrogen-bond donors (Lipinski definition) is 0. The summed E-state index contributed by atoms with van der Waals surface area (Å²) in [5, 5.41) is 11.0. The molecule has 0 N–H and O–H groups in total. The molecule has 0 amide bonds. The highest BCUT2D eigenvalue weighted by Gasteiger charge is 2.13. The van der Waals surface area contributed by atoms with Gasteiger partial charge in [-0.2, -0.15) is 0 Å². The molecule has 0 bridgehead atoms. The van der Waals surface area contributed by atoms with Crippen molar-refractivity contribution in [1.82, 2.24) is 0 Å². The van der Waals surface area contributed by atoms with Crippen LogP contribution in [-0.2, 0) is 0 Å². The lowest BCUT2D eigenvalue weighted by Gasteiger charge is -2.16. The van der Waals surface area contributed by atoms with E-state index in [0.29, 0.717) is 0 Å². The van der Waals surface area contributed by atoms with Crippen LogP contribution in [0.2, 0.25) is 0 Å². The van der Waals surface area contributed by atoms with Crippen molar-refractivity contribution in [2.45, 2.75) is 13.8 Å². The van der Waals surface area contributed by atoms with Crippen LogP contribution in [0.4, 0.5) is 0 Å². The number of hydrogen-bond acceptors (Lipinski definition) is 0. The maximum atomic E-state index is 2.34. The van der Waals surface area contributed by atoms with Gasteiger partial charge in [-0.15, -0.1) is 0 Å². The minimum absolute atomic E-state index is 1.32. The molecule has 0 atom stereocenters. The molecule has 0 unspecified atom stereocenters. The first-order valence-corrected chi connectivity index (χ1v) is 7.80. The van der Waals surface area contributed by atoms with Crippen molar-refractivity contribution in [2.24, 2.45) is 0 Å². The molecular formula is C22H16. The molecule has 0 heterocycles. The van der Waals surface area contributed by atoms with E-state index in [1.807, 2.05) is 0 Å². The lowest BCUT2D eigenvalue weighted by atomic mass is 9.88. The zero-order valence-electron chi connectivity index (χ0n) is 12.8. The number of rotatable bonds is 0. The van der Waals surface area contributed by atoms with Crippen LogP contribution in [0, 0.1) is 13.8 Å². The molecule has 0 aliphatic heterocycles. The van der Waals surface area contributed by atoms with E-state index in [9.17, 15) is 0 Å². The second kappa shape index (κ2) is 3.98. The summed E-state index contributed by atoms with van der Waals surface area (Å²) < 4.78 is 0. The summed E-state index contributed by atoms with van der Waals surface area (Å²) in [6, 6.07) is 22.5. The Labute approximate surface area is 129 Å². The molecule has 5 aromatic rings. The fourth-order valence-electron chi connectivity index (χ4n) is 3.98. The van der Waals surface area contributed by atoms with E-state index in [1.54, 1.807) is 0 Å². The van der Waals surface area contributed by atoms with E-state index in [1.165, 1.54) is 54.2 Å². The number of aryl methyl sites for hydroxylation is 2. The van der Waals surface area contributed by atoms with Gasteiger partial charge >= 0.3 is 0 Å². The van der Waals surface area contributed by atoms with Gasteiger partial charge in [-0.1, -0.05) is 54.6 Å². The van der Waals surface area contributed by atoms with Gasteiger partial charge in [-0.3, -0.25) is 0 Å². The smallest absolute Gasteiger partial charge is 0.00201 e. The molecule has 0 fully saturated rings. The quantitative estimate of drug-likeness (QED) is 0.229. The van der Waals surface area contributed by atoms with Crippen molar-refractivity contribution >= 4 is 43.1 Å². The average molecular weight is 280 g/mol. The third-order valence-electron chi connectivity index (χ3n) is 5.05. The highest BCUT2D eigenvalue weighted by molar-refractivity contribution is 6.29. The first-order valence-electron chi connectivity index (χ1n) is 7.80. The Kier molecular flexibility index (Phi) is 2.17. The van der Waals surface area contributed by atoms with E-state index in [-0.39, 0.29) is 0 Å². The first-order chi connectivity index (χ1) is 10.7. The Morgan fingerprint density at radius 1 is 0.500 bits per heavy atom. The lowest BCUT2D eigenvalue weighted by molar-refractivity contribution is 1.52. The van der Waals surface area contributed by atoms with Gasteiger partial charge in [-0.05, 0) is 74.1 Å². The maximum Gasteiger partial charge on any atom is -0.00201 e. The van der Waals surface area contributed by atoms with Crippen molar-refractivity contribution in [3.63, 3.8) is 0 Å². The highest BCUT2D eigenvalue weighted by atomic mass is 14.2. The second-order valence-corrected chi connectivity index (χ2v) is 6.35. The third kappa shape index (κ3) is 1.37. The van der Waals surface area contributed by atoms with Crippen molar-refractivity contribution in [2.75, 3.05) is 0 Å². The Morgan fingerprint density at radius 3 is 2.14 bits per heavy atom.